The Kier molecular flexibility index (Phi) is 6.73. The number of hydrogen-bond acceptors (Lipinski definition) is 4. The van der Waals surface area contributed by atoms with Crippen LogP contribution in [0.25, 0.3) is 11.1 Å². The van der Waals surface area contributed by atoms with Crippen LogP contribution in [0.3, 0.4) is 0 Å². The second-order valence-corrected chi connectivity index (χ2v) is 9.99. The molecule has 2 heterocycles. The van der Waals surface area contributed by atoms with Gasteiger partial charge in [0, 0.05) is 34.5 Å². The Balaban J connectivity index is 1.64. The fourth-order valence-corrected chi connectivity index (χ4v) is 6.34. The first-order valence-electron chi connectivity index (χ1n) is 8.86. The van der Waals surface area contributed by atoms with Gasteiger partial charge in [0.05, 0.1) is 20.7 Å². The van der Waals surface area contributed by atoms with E-state index in [1.807, 2.05) is 41.1 Å². The van der Waals surface area contributed by atoms with Crippen molar-refractivity contribution in [1.29, 1.82) is 0 Å². The average Bonchev–Trinajstić information content (AvgIpc) is 3.40. The highest BCUT2D eigenvalue weighted by atomic mass is 35.5. The van der Waals surface area contributed by atoms with Gasteiger partial charge in [-0.05, 0) is 34.7 Å². The summed E-state index contributed by atoms with van der Waals surface area (Å²) in [6.45, 7) is 0.707. The van der Waals surface area contributed by atoms with E-state index in [1.54, 1.807) is 41.7 Å². The second-order valence-electron chi connectivity index (χ2n) is 6.35. The van der Waals surface area contributed by atoms with E-state index in [9.17, 15) is 0 Å². The number of thiophene rings is 1. The lowest BCUT2D eigenvalue weighted by atomic mass is 10.1. The molecule has 2 aromatic heterocycles. The Morgan fingerprint density at radius 2 is 1.97 bits per heavy atom. The van der Waals surface area contributed by atoms with Crippen molar-refractivity contribution >= 4 is 62.7 Å². The predicted molar refractivity (Wildman–Crippen MR) is 130 cm³/mol. The third-order valence-corrected chi connectivity index (χ3v) is 7.78. The van der Waals surface area contributed by atoms with Crippen molar-refractivity contribution in [1.82, 2.24) is 9.55 Å². The molecular weight excluding hydrogens is 459 g/mol. The Bertz CT molecular complexity index is 1110. The molecular formula is C22H16Cl2N2S3. The van der Waals surface area contributed by atoms with Crippen molar-refractivity contribution in [2.45, 2.75) is 11.8 Å². The number of imidazole rings is 1. The van der Waals surface area contributed by atoms with Gasteiger partial charge in [-0.3, -0.25) is 0 Å². The summed E-state index contributed by atoms with van der Waals surface area (Å²) in [5, 5.41) is 3.39. The number of halogens is 2. The molecule has 0 radical (unpaired) electrons. The number of aromatic nitrogens is 2. The summed E-state index contributed by atoms with van der Waals surface area (Å²) in [5.41, 5.74) is 3.34. The van der Waals surface area contributed by atoms with Crippen LogP contribution < -0.4 is 0 Å². The zero-order valence-electron chi connectivity index (χ0n) is 15.2. The van der Waals surface area contributed by atoms with Crippen LogP contribution in [0.15, 0.2) is 78.7 Å². The average molecular weight is 475 g/mol. The first-order valence-corrected chi connectivity index (χ1v) is 11.8. The number of thiocarbonyl (C=S) groups is 1. The largest absolute Gasteiger partial charge is 0.336 e. The number of thioether (sulfide) groups is 1. The predicted octanol–water partition coefficient (Wildman–Crippen LogP) is 7.77. The molecule has 4 rings (SSSR count). The van der Waals surface area contributed by atoms with Crippen LogP contribution in [0, 0.1) is 0 Å². The van der Waals surface area contributed by atoms with Crippen molar-refractivity contribution in [2.75, 3.05) is 0 Å². The van der Waals surface area contributed by atoms with Crippen LogP contribution in [-0.2, 0) is 6.54 Å². The molecule has 0 saturated carbocycles. The number of hydrogen-bond donors (Lipinski definition) is 0. The molecule has 4 aromatic rings. The fourth-order valence-electron chi connectivity index (χ4n) is 3.04. The van der Waals surface area contributed by atoms with Gasteiger partial charge in [-0.25, -0.2) is 4.98 Å². The topological polar surface area (TPSA) is 17.8 Å². The van der Waals surface area contributed by atoms with Crippen molar-refractivity contribution in [3.05, 3.63) is 99.2 Å². The highest BCUT2D eigenvalue weighted by Crippen LogP contribution is 2.41. The Labute approximate surface area is 193 Å². The van der Waals surface area contributed by atoms with Crippen LogP contribution in [0.4, 0.5) is 0 Å². The SMILES string of the molecule is S=C(SC(Cn1ccnc1)c1ccc(Cl)cc1Cl)c1sccc1-c1ccccc1. The van der Waals surface area contributed by atoms with Gasteiger partial charge >= 0.3 is 0 Å². The van der Waals surface area contributed by atoms with Gasteiger partial charge in [0.2, 0.25) is 0 Å². The summed E-state index contributed by atoms with van der Waals surface area (Å²) in [6.07, 6.45) is 5.53. The molecule has 0 bridgehead atoms. The molecule has 0 saturated heterocycles. The first kappa shape index (κ1) is 20.6. The Morgan fingerprint density at radius 1 is 1.14 bits per heavy atom. The maximum Gasteiger partial charge on any atom is 0.0946 e. The van der Waals surface area contributed by atoms with Gasteiger partial charge in [-0.1, -0.05) is 71.8 Å². The zero-order valence-corrected chi connectivity index (χ0v) is 19.1. The normalized spacial score (nSPS) is 12.1. The molecule has 0 aliphatic carbocycles. The van der Waals surface area contributed by atoms with Crippen molar-refractivity contribution < 1.29 is 0 Å². The molecule has 2 aromatic carbocycles. The van der Waals surface area contributed by atoms with E-state index < -0.39 is 0 Å². The lowest BCUT2D eigenvalue weighted by molar-refractivity contribution is 0.685. The van der Waals surface area contributed by atoms with Gasteiger partial charge in [0.1, 0.15) is 0 Å². The number of benzene rings is 2. The van der Waals surface area contributed by atoms with Crippen LogP contribution >= 0.6 is 58.5 Å². The van der Waals surface area contributed by atoms with Gasteiger partial charge in [-0.2, -0.15) is 0 Å². The van der Waals surface area contributed by atoms with Crippen molar-refractivity contribution in [3.63, 3.8) is 0 Å². The van der Waals surface area contributed by atoms with Crippen molar-refractivity contribution in [2.24, 2.45) is 0 Å². The first-order chi connectivity index (χ1) is 14.1. The van der Waals surface area contributed by atoms with Crippen LogP contribution in [0.1, 0.15) is 15.7 Å². The summed E-state index contributed by atoms with van der Waals surface area (Å²) in [5.74, 6) is 0. The maximum absolute atomic E-state index is 6.54. The molecule has 1 atom stereocenters. The van der Waals surface area contributed by atoms with E-state index in [2.05, 4.69) is 28.6 Å². The molecule has 146 valence electrons. The molecule has 0 aliphatic rings. The van der Waals surface area contributed by atoms with Gasteiger partial charge in [-0.15, -0.1) is 23.1 Å². The Hall–Kier alpha value is -1.63. The molecule has 0 fully saturated rings. The van der Waals surface area contributed by atoms with E-state index in [4.69, 9.17) is 35.4 Å². The standard InChI is InChI=1S/C22H16Cl2N2S3/c23-16-6-7-18(19(24)12-16)20(13-26-10-9-25-14-26)29-22(27)21-17(8-11-28-21)15-4-2-1-3-5-15/h1-12,14,20H,13H2. The third-order valence-electron chi connectivity index (χ3n) is 4.43. The third kappa shape index (κ3) is 4.93. The Morgan fingerprint density at radius 3 is 2.69 bits per heavy atom. The van der Waals surface area contributed by atoms with E-state index in [1.165, 1.54) is 5.56 Å². The van der Waals surface area contributed by atoms with E-state index >= 15 is 0 Å². The number of rotatable bonds is 6. The lowest BCUT2D eigenvalue weighted by Crippen LogP contribution is -2.08. The monoisotopic (exact) mass is 474 g/mol. The minimum atomic E-state index is 0.0344. The van der Waals surface area contributed by atoms with Gasteiger partial charge in [0.25, 0.3) is 0 Å². The minimum Gasteiger partial charge on any atom is -0.336 e. The smallest absolute Gasteiger partial charge is 0.0946 e. The summed E-state index contributed by atoms with van der Waals surface area (Å²) >= 11 is 21.8. The van der Waals surface area contributed by atoms with E-state index in [0.29, 0.717) is 16.6 Å². The van der Waals surface area contributed by atoms with Crippen LogP contribution in [0.2, 0.25) is 10.0 Å². The highest BCUT2D eigenvalue weighted by Gasteiger charge is 2.21. The van der Waals surface area contributed by atoms with E-state index in [0.717, 1.165) is 20.2 Å². The second kappa shape index (κ2) is 9.45. The quantitative estimate of drug-likeness (QED) is 0.265. The summed E-state index contributed by atoms with van der Waals surface area (Å²) < 4.78 is 2.90. The summed E-state index contributed by atoms with van der Waals surface area (Å²) in [4.78, 5) is 5.27. The molecule has 0 amide bonds. The fraction of sp³-hybridized carbons (Fsp3) is 0.0909. The number of nitrogens with zero attached hydrogens (tertiary/aromatic N) is 2. The van der Waals surface area contributed by atoms with Gasteiger partial charge < -0.3 is 4.57 Å². The molecule has 7 heteroatoms. The zero-order chi connectivity index (χ0) is 20.2. The van der Waals surface area contributed by atoms with Gasteiger partial charge in [0.15, 0.2) is 0 Å². The maximum atomic E-state index is 6.54. The molecule has 0 spiro atoms. The highest BCUT2D eigenvalue weighted by molar-refractivity contribution is 8.24. The minimum absolute atomic E-state index is 0.0344. The molecule has 1 unspecified atom stereocenters. The summed E-state index contributed by atoms with van der Waals surface area (Å²) in [6, 6.07) is 18.1. The lowest BCUT2D eigenvalue weighted by Gasteiger charge is -2.19. The molecule has 0 aliphatic heterocycles. The van der Waals surface area contributed by atoms with Crippen LogP contribution in [-0.4, -0.2) is 13.7 Å². The molecule has 0 N–H and O–H groups in total. The van der Waals surface area contributed by atoms with Crippen LogP contribution in [0.5, 0.6) is 0 Å². The molecule has 29 heavy (non-hydrogen) atoms. The molecule has 2 nitrogen and oxygen atoms in total. The van der Waals surface area contributed by atoms with Crippen molar-refractivity contribution in [3.8, 4) is 11.1 Å². The summed E-state index contributed by atoms with van der Waals surface area (Å²) in [7, 11) is 0. The van der Waals surface area contributed by atoms with E-state index in [-0.39, 0.29) is 5.25 Å².